The van der Waals surface area contributed by atoms with Gasteiger partial charge in [-0.2, -0.15) is 0 Å². The van der Waals surface area contributed by atoms with Gasteiger partial charge in [0.1, 0.15) is 5.60 Å². The Morgan fingerprint density at radius 1 is 1.30 bits per heavy atom. The van der Waals surface area contributed by atoms with E-state index >= 15 is 0 Å². The van der Waals surface area contributed by atoms with Crippen LogP contribution in [0.3, 0.4) is 0 Å². The third kappa shape index (κ3) is 6.15. The van der Waals surface area contributed by atoms with Crippen LogP contribution in [-0.2, 0) is 4.74 Å². The fourth-order valence-electron chi connectivity index (χ4n) is 2.77. The minimum absolute atomic E-state index is 0.235. The molecule has 128 valence electrons. The number of hydrogen-bond acceptors (Lipinski definition) is 3. The highest BCUT2D eigenvalue weighted by Crippen LogP contribution is 2.37. The Morgan fingerprint density at radius 2 is 1.91 bits per heavy atom. The van der Waals surface area contributed by atoms with Crippen LogP contribution in [0.5, 0.6) is 0 Å². The maximum Gasteiger partial charge on any atom is 0.407 e. The van der Waals surface area contributed by atoms with E-state index in [2.05, 4.69) is 57.8 Å². The van der Waals surface area contributed by atoms with Crippen molar-refractivity contribution in [3.63, 3.8) is 0 Å². The SMILES string of the molecule is CC(CNC(=O)OC(C)(C)C)NC1CC(c2ccc(Br)cc2)C1. The van der Waals surface area contributed by atoms with E-state index in [-0.39, 0.29) is 12.1 Å². The first-order chi connectivity index (χ1) is 10.7. The van der Waals surface area contributed by atoms with Gasteiger partial charge in [0.25, 0.3) is 0 Å². The summed E-state index contributed by atoms with van der Waals surface area (Å²) in [6.07, 6.45) is 1.95. The van der Waals surface area contributed by atoms with Crippen molar-refractivity contribution in [3.05, 3.63) is 34.3 Å². The molecular weight excluding hydrogens is 356 g/mol. The smallest absolute Gasteiger partial charge is 0.407 e. The first-order valence-electron chi connectivity index (χ1n) is 8.21. The summed E-state index contributed by atoms with van der Waals surface area (Å²) in [7, 11) is 0. The van der Waals surface area contributed by atoms with Crippen molar-refractivity contribution >= 4 is 22.0 Å². The van der Waals surface area contributed by atoms with E-state index in [1.807, 2.05) is 20.8 Å². The summed E-state index contributed by atoms with van der Waals surface area (Å²) in [5.41, 5.74) is 0.956. The standard InChI is InChI=1S/C18H27BrN2O2/c1-12(11-20-17(22)23-18(2,3)4)21-16-9-14(10-16)13-5-7-15(19)8-6-13/h5-8,12,14,16,21H,9-11H2,1-4H3,(H,20,22). The second kappa shape index (κ2) is 7.67. The van der Waals surface area contributed by atoms with Gasteiger partial charge in [-0.25, -0.2) is 4.79 Å². The van der Waals surface area contributed by atoms with E-state index < -0.39 is 5.60 Å². The zero-order valence-electron chi connectivity index (χ0n) is 14.4. The molecule has 1 aliphatic carbocycles. The number of carbonyl (C=O) groups excluding carboxylic acids is 1. The van der Waals surface area contributed by atoms with Crippen LogP contribution < -0.4 is 10.6 Å². The molecule has 0 bridgehead atoms. The summed E-state index contributed by atoms with van der Waals surface area (Å²) in [4.78, 5) is 11.6. The molecular formula is C18H27BrN2O2. The Balaban J connectivity index is 1.65. The summed E-state index contributed by atoms with van der Waals surface area (Å²) in [6.45, 7) is 8.26. The lowest BCUT2D eigenvalue weighted by molar-refractivity contribution is 0.0521. The minimum Gasteiger partial charge on any atom is -0.444 e. The van der Waals surface area contributed by atoms with Crippen molar-refractivity contribution in [2.75, 3.05) is 6.54 Å². The summed E-state index contributed by atoms with van der Waals surface area (Å²) in [5, 5.41) is 6.38. The van der Waals surface area contributed by atoms with Gasteiger partial charge in [-0.1, -0.05) is 28.1 Å². The van der Waals surface area contributed by atoms with Gasteiger partial charge in [0.05, 0.1) is 0 Å². The molecule has 1 atom stereocenters. The van der Waals surface area contributed by atoms with Gasteiger partial charge < -0.3 is 15.4 Å². The Labute approximate surface area is 147 Å². The van der Waals surface area contributed by atoms with Gasteiger partial charge in [0.2, 0.25) is 0 Å². The zero-order valence-corrected chi connectivity index (χ0v) is 15.9. The highest BCUT2D eigenvalue weighted by molar-refractivity contribution is 9.10. The molecule has 0 radical (unpaired) electrons. The van der Waals surface area contributed by atoms with E-state index in [1.165, 1.54) is 5.56 Å². The predicted molar refractivity (Wildman–Crippen MR) is 96.7 cm³/mol. The molecule has 2 rings (SSSR count). The fourth-order valence-corrected chi connectivity index (χ4v) is 3.04. The van der Waals surface area contributed by atoms with Crippen molar-refractivity contribution < 1.29 is 9.53 Å². The molecule has 1 amide bonds. The first kappa shape index (κ1) is 18.3. The number of alkyl carbamates (subject to hydrolysis) is 1. The lowest BCUT2D eigenvalue weighted by Gasteiger charge is -2.38. The zero-order chi connectivity index (χ0) is 17.0. The number of hydrogen-bond donors (Lipinski definition) is 2. The Morgan fingerprint density at radius 3 is 2.48 bits per heavy atom. The molecule has 0 saturated heterocycles. The molecule has 4 nitrogen and oxygen atoms in total. The molecule has 0 spiro atoms. The lowest BCUT2D eigenvalue weighted by Crippen LogP contribution is -2.49. The van der Waals surface area contributed by atoms with Gasteiger partial charge in [-0.15, -0.1) is 0 Å². The average Bonchev–Trinajstić information content (AvgIpc) is 2.39. The van der Waals surface area contributed by atoms with Gasteiger partial charge in [0, 0.05) is 23.1 Å². The number of benzene rings is 1. The van der Waals surface area contributed by atoms with E-state index in [9.17, 15) is 4.79 Å². The summed E-state index contributed by atoms with van der Waals surface area (Å²) in [6, 6.07) is 9.35. The van der Waals surface area contributed by atoms with Crippen molar-refractivity contribution in [2.24, 2.45) is 0 Å². The molecule has 0 aliphatic heterocycles. The van der Waals surface area contributed by atoms with Gasteiger partial charge in [-0.05, 0) is 64.2 Å². The quantitative estimate of drug-likeness (QED) is 0.801. The number of halogens is 1. The van der Waals surface area contributed by atoms with Gasteiger partial charge in [0.15, 0.2) is 0 Å². The normalized spacial score (nSPS) is 22.1. The van der Waals surface area contributed by atoms with Crippen LogP contribution in [0.15, 0.2) is 28.7 Å². The van der Waals surface area contributed by atoms with E-state index in [0.29, 0.717) is 18.5 Å². The molecule has 1 saturated carbocycles. The molecule has 1 fully saturated rings. The molecule has 1 aromatic carbocycles. The van der Waals surface area contributed by atoms with E-state index in [4.69, 9.17) is 4.74 Å². The van der Waals surface area contributed by atoms with Crippen LogP contribution in [0, 0.1) is 0 Å². The molecule has 1 aliphatic rings. The third-order valence-electron chi connectivity index (χ3n) is 3.95. The summed E-state index contributed by atoms with van der Waals surface area (Å²) in [5.74, 6) is 0.645. The Kier molecular flexibility index (Phi) is 6.09. The van der Waals surface area contributed by atoms with Crippen molar-refractivity contribution in [1.82, 2.24) is 10.6 Å². The molecule has 0 aromatic heterocycles. The van der Waals surface area contributed by atoms with Crippen LogP contribution in [0.2, 0.25) is 0 Å². The predicted octanol–water partition coefficient (Wildman–Crippen LogP) is 4.20. The van der Waals surface area contributed by atoms with Crippen LogP contribution >= 0.6 is 15.9 Å². The number of amides is 1. The lowest BCUT2D eigenvalue weighted by atomic mass is 9.75. The topological polar surface area (TPSA) is 50.4 Å². The average molecular weight is 383 g/mol. The number of nitrogens with one attached hydrogen (secondary N) is 2. The molecule has 0 heterocycles. The summed E-state index contributed by atoms with van der Waals surface area (Å²) >= 11 is 3.47. The van der Waals surface area contributed by atoms with Crippen molar-refractivity contribution in [2.45, 2.75) is 64.1 Å². The Hall–Kier alpha value is -1.07. The number of carbonyl (C=O) groups is 1. The first-order valence-corrected chi connectivity index (χ1v) is 9.00. The highest BCUT2D eigenvalue weighted by Gasteiger charge is 2.30. The van der Waals surface area contributed by atoms with Gasteiger partial charge in [-0.3, -0.25) is 0 Å². The molecule has 1 aromatic rings. The second-order valence-electron chi connectivity index (χ2n) is 7.37. The number of ether oxygens (including phenoxy) is 1. The molecule has 5 heteroatoms. The van der Waals surface area contributed by atoms with Crippen molar-refractivity contribution in [3.8, 4) is 0 Å². The molecule has 2 N–H and O–H groups in total. The maximum absolute atomic E-state index is 11.6. The van der Waals surface area contributed by atoms with Gasteiger partial charge >= 0.3 is 6.09 Å². The largest absolute Gasteiger partial charge is 0.444 e. The fraction of sp³-hybridized carbons (Fsp3) is 0.611. The molecule has 1 unspecified atom stereocenters. The monoisotopic (exact) mass is 382 g/mol. The maximum atomic E-state index is 11.6. The van der Waals surface area contributed by atoms with E-state index in [1.54, 1.807) is 0 Å². The van der Waals surface area contributed by atoms with Crippen LogP contribution in [0.25, 0.3) is 0 Å². The minimum atomic E-state index is -0.452. The molecule has 23 heavy (non-hydrogen) atoms. The van der Waals surface area contributed by atoms with Crippen LogP contribution in [0.4, 0.5) is 4.79 Å². The van der Waals surface area contributed by atoms with Crippen LogP contribution in [-0.4, -0.2) is 30.3 Å². The number of rotatable bonds is 5. The highest BCUT2D eigenvalue weighted by atomic mass is 79.9. The van der Waals surface area contributed by atoms with Crippen LogP contribution in [0.1, 0.15) is 52.0 Å². The second-order valence-corrected chi connectivity index (χ2v) is 8.28. The Bertz CT molecular complexity index is 519. The van der Waals surface area contributed by atoms with E-state index in [0.717, 1.165) is 17.3 Å². The third-order valence-corrected chi connectivity index (χ3v) is 4.48. The summed E-state index contributed by atoms with van der Waals surface area (Å²) < 4.78 is 6.36. The van der Waals surface area contributed by atoms with Crippen molar-refractivity contribution in [1.29, 1.82) is 0 Å².